The van der Waals surface area contributed by atoms with Crippen molar-refractivity contribution >= 4 is 5.97 Å². The molecule has 0 aromatic rings. The summed E-state index contributed by atoms with van der Waals surface area (Å²) < 4.78 is 10.6. The predicted octanol–water partition coefficient (Wildman–Crippen LogP) is 6.07. The van der Waals surface area contributed by atoms with Gasteiger partial charge in [-0.15, -0.1) is 0 Å². The Morgan fingerprint density at radius 2 is 1.48 bits per heavy atom. The van der Waals surface area contributed by atoms with Crippen LogP contribution in [0.5, 0.6) is 0 Å². The quantitative estimate of drug-likeness (QED) is 0.161. The maximum atomic E-state index is 11.4. The summed E-state index contributed by atoms with van der Waals surface area (Å²) in [6.07, 6.45) is 26.7. The summed E-state index contributed by atoms with van der Waals surface area (Å²) in [7, 11) is 0. The molecule has 0 aromatic heterocycles. The lowest BCUT2D eigenvalue weighted by atomic mass is 10.2. The largest absolute Gasteiger partial charge is 0.457 e. The van der Waals surface area contributed by atoms with E-state index in [-0.39, 0.29) is 19.2 Å². The Balaban J connectivity index is 3.50. The third-order valence-corrected chi connectivity index (χ3v) is 4.14. The number of allylic oxidation sites excluding steroid dienone is 8. The lowest BCUT2D eigenvalue weighted by Gasteiger charge is -2.15. The van der Waals surface area contributed by atoms with E-state index in [1.165, 1.54) is 0 Å². The number of rotatable bonds is 19. The van der Waals surface area contributed by atoms with Gasteiger partial charge in [-0.1, -0.05) is 68.9 Å². The van der Waals surface area contributed by atoms with Crippen LogP contribution in [0.2, 0.25) is 0 Å². The molecule has 0 aliphatic rings. The number of aliphatic hydroxyl groups excluding tert-OH is 1. The van der Waals surface area contributed by atoms with E-state index in [2.05, 4.69) is 55.5 Å². The van der Waals surface area contributed by atoms with Crippen molar-refractivity contribution in [2.75, 3.05) is 19.8 Å². The first-order valence-electron chi connectivity index (χ1n) is 11.2. The number of esters is 1. The minimum absolute atomic E-state index is 0.193. The molecule has 0 radical (unpaired) electrons. The third-order valence-electron chi connectivity index (χ3n) is 4.14. The molecule has 1 atom stereocenters. The molecule has 0 bridgehead atoms. The Bertz CT molecular complexity index is 477. The maximum Gasteiger partial charge on any atom is 0.306 e. The first kappa shape index (κ1) is 27.4. The molecule has 4 nitrogen and oxygen atoms in total. The maximum absolute atomic E-state index is 11.4. The lowest BCUT2D eigenvalue weighted by Crippen LogP contribution is -2.27. The van der Waals surface area contributed by atoms with Crippen molar-refractivity contribution in [2.45, 2.75) is 84.2 Å². The number of carbonyl (C=O) groups excluding carboxylic acids is 1. The van der Waals surface area contributed by atoms with Crippen molar-refractivity contribution in [3.63, 3.8) is 0 Å². The van der Waals surface area contributed by atoms with Gasteiger partial charge in [0.1, 0.15) is 6.10 Å². The summed E-state index contributed by atoms with van der Waals surface area (Å²) in [6.45, 7) is 4.78. The number of hydrogen-bond donors (Lipinski definition) is 1. The summed E-state index contributed by atoms with van der Waals surface area (Å²) >= 11 is 0. The van der Waals surface area contributed by atoms with E-state index in [9.17, 15) is 9.90 Å². The van der Waals surface area contributed by atoms with Gasteiger partial charge in [-0.25, -0.2) is 0 Å². The van der Waals surface area contributed by atoms with Gasteiger partial charge in [0.15, 0.2) is 0 Å². The Hall–Kier alpha value is -1.65. The molecule has 1 unspecified atom stereocenters. The number of unbranched alkanes of at least 4 members (excludes halogenated alkanes) is 3. The third kappa shape index (κ3) is 20.9. The summed E-state index contributed by atoms with van der Waals surface area (Å²) in [5.74, 6) is -0.270. The van der Waals surface area contributed by atoms with Gasteiger partial charge in [0.25, 0.3) is 0 Å². The molecule has 0 rings (SSSR count). The van der Waals surface area contributed by atoms with Crippen LogP contribution in [-0.4, -0.2) is 37.0 Å². The van der Waals surface area contributed by atoms with E-state index < -0.39 is 6.10 Å². The highest BCUT2D eigenvalue weighted by Gasteiger charge is 2.12. The molecule has 0 fully saturated rings. The molecule has 4 heteroatoms. The SMILES string of the molecule is CC/C=C\C/C=C\C/C=C\C/C=C\CCCCCOCC(CO)OC(=O)CCC. The molecule has 0 heterocycles. The molecule has 166 valence electrons. The van der Waals surface area contributed by atoms with E-state index >= 15 is 0 Å². The van der Waals surface area contributed by atoms with Gasteiger partial charge in [-0.3, -0.25) is 4.79 Å². The fourth-order valence-electron chi connectivity index (χ4n) is 2.53. The fraction of sp³-hybridized carbons (Fsp3) is 0.640. The zero-order valence-corrected chi connectivity index (χ0v) is 18.6. The number of ether oxygens (including phenoxy) is 2. The first-order valence-corrected chi connectivity index (χ1v) is 11.2. The van der Waals surface area contributed by atoms with E-state index in [0.29, 0.717) is 13.0 Å². The highest BCUT2D eigenvalue weighted by Crippen LogP contribution is 2.04. The van der Waals surface area contributed by atoms with Crippen LogP contribution in [-0.2, 0) is 14.3 Å². The first-order chi connectivity index (χ1) is 14.2. The molecule has 29 heavy (non-hydrogen) atoms. The van der Waals surface area contributed by atoms with Gasteiger partial charge in [0, 0.05) is 13.0 Å². The smallest absolute Gasteiger partial charge is 0.306 e. The minimum Gasteiger partial charge on any atom is -0.457 e. The van der Waals surface area contributed by atoms with Crippen LogP contribution >= 0.6 is 0 Å². The average molecular weight is 407 g/mol. The molecule has 0 aliphatic heterocycles. The van der Waals surface area contributed by atoms with Gasteiger partial charge in [0.05, 0.1) is 13.2 Å². The fourth-order valence-corrected chi connectivity index (χ4v) is 2.53. The Labute approximate surface area is 178 Å². The summed E-state index contributed by atoms with van der Waals surface area (Å²) in [5.41, 5.74) is 0. The zero-order valence-electron chi connectivity index (χ0n) is 18.6. The van der Waals surface area contributed by atoms with Crippen LogP contribution < -0.4 is 0 Å². The predicted molar refractivity (Wildman–Crippen MR) is 122 cm³/mol. The zero-order chi connectivity index (χ0) is 21.4. The molecule has 0 amide bonds. The highest BCUT2D eigenvalue weighted by atomic mass is 16.6. The monoisotopic (exact) mass is 406 g/mol. The molecule has 0 saturated heterocycles. The van der Waals surface area contributed by atoms with Crippen molar-refractivity contribution in [3.8, 4) is 0 Å². The van der Waals surface area contributed by atoms with Crippen LogP contribution in [0.3, 0.4) is 0 Å². The highest BCUT2D eigenvalue weighted by molar-refractivity contribution is 5.69. The van der Waals surface area contributed by atoms with Gasteiger partial charge in [0.2, 0.25) is 0 Å². The Morgan fingerprint density at radius 3 is 2.07 bits per heavy atom. The van der Waals surface area contributed by atoms with E-state index in [1.54, 1.807) is 0 Å². The molecular formula is C25H42O4. The Morgan fingerprint density at radius 1 is 0.862 bits per heavy atom. The van der Waals surface area contributed by atoms with E-state index in [4.69, 9.17) is 9.47 Å². The minimum atomic E-state index is -0.543. The summed E-state index contributed by atoms with van der Waals surface area (Å²) in [5, 5.41) is 9.21. The Kier molecular flexibility index (Phi) is 21.3. The van der Waals surface area contributed by atoms with Crippen molar-refractivity contribution < 1.29 is 19.4 Å². The average Bonchev–Trinajstić information content (AvgIpc) is 2.72. The van der Waals surface area contributed by atoms with Gasteiger partial charge >= 0.3 is 5.97 Å². The molecule has 0 spiro atoms. The second-order valence-corrected chi connectivity index (χ2v) is 6.97. The van der Waals surface area contributed by atoms with Crippen LogP contribution in [0, 0.1) is 0 Å². The van der Waals surface area contributed by atoms with Crippen molar-refractivity contribution in [2.24, 2.45) is 0 Å². The molecule has 0 aromatic carbocycles. The van der Waals surface area contributed by atoms with E-state index in [1.807, 2.05) is 6.92 Å². The van der Waals surface area contributed by atoms with Crippen LogP contribution in [0.1, 0.15) is 78.1 Å². The van der Waals surface area contributed by atoms with Gasteiger partial charge in [-0.05, 0) is 51.4 Å². The normalized spacial score (nSPS) is 13.3. The topological polar surface area (TPSA) is 55.8 Å². The summed E-state index contributed by atoms with van der Waals surface area (Å²) in [4.78, 5) is 11.4. The second-order valence-electron chi connectivity index (χ2n) is 6.97. The molecular weight excluding hydrogens is 364 g/mol. The van der Waals surface area contributed by atoms with Crippen molar-refractivity contribution in [3.05, 3.63) is 48.6 Å². The van der Waals surface area contributed by atoms with Crippen LogP contribution in [0.15, 0.2) is 48.6 Å². The lowest BCUT2D eigenvalue weighted by molar-refractivity contribution is -0.154. The van der Waals surface area contributed by atoms with Gasteiger partial charge in [-0.2, -0.15) is 0 Å². The van der Waals surface area contributed by atoms with Crippen LogP contribution in [0.4, 0.5) is 0 Å². The van der Waals surface area contributed by atoms with Crippen molar-refractivity contribution in [1.29, 1.82) is 0 Å². The number of aliphatic hydroxyl groups is 1. The summed E-state index contributed by atoms with van der Waals surface area (Å²) in [6, 6.07) is 0. The molecule has 0 saturated carbocycles. The van der Waals surface area contributed by atoms with Crippen molar-refractivity contribution in [1.82, 2.24) is 0 Å². The second kappa shape index (κ2) is 22.6. The number of carbonyl (C=O) groups is 1. The standard InChI is InChI=1S/C25H42O4/c1-3-5-6-7-8-9-10-11-12-13-14-15-16-17-18-19-21-28-23-24(22-26)29-25(27)20-4-2/h5-6,8-9,11-12,14-15,24,26H,3-4,7,10,13,16-23H2,1-2H3/b6-5-,9-8-,12-11-,15-14-. The number of hydrogen-bond acceptors (Lipinski definition) is 4. The molecule has 1 N–H and O–H groups in total. The van der Waals surface area contributed by atoms with Gasteiger partial charge < -0.3 is 14.6 Å². The van der Waals surface area contributed by atoms with E-state index in [0.717, 1.165) is 57.8 Å². The van der Waals surface area contributed by atoms with Crippen LogP contribution in [0.25, 0.3) is 0 Å². The molecule has 0 aliphatic carbocycles.